The predicted octanol–water partition coefficient (Wildman–Crippen LogP) is 6.90. The minimum Gasteiger partial charge on any atom is -0.506 e. The zero-order valence-electron chi connectivity index (χ0n) is 20.0. The number of benzene rings is 2. The second-order valence-corrected chi connectivity index (χ2v) is 11.1. The number of nitrogens with zero attached hydrogens (tertiary/aromatic N) is 1. The van der Waals surface area contributed by atoms with Gasteiger partial charge in [0.2, 0.25) is 0 Å². The third kappa shape index (κ3) is 9.14. The van der Waals surface area contributed by atoms with Crippen LogP contribution in [-0.2, 0) is 9.84 Å². The van der Waals surface area contributed by atoms with Crippen LogP contribution < -0.4 is 5.32 Å². The molecule has 2 aromatic rings. The number of phenols is 1. The SMILES string of the molecule is CCCCCCCCCCCCS(=O)(=O)c1ccc(C(=O)Nc2cc(Cl)c([N+](=O)[O-])cc2O)cc1. The minimum atomic E-state index is -3.45. The van der Waals surface area contributed by atoms with Crippen LogP contribution in [0.1, 0.15) is 81.5 Å². The second-order valence-electron chi connectivity index (χ2n) is 8.56. The number of aromatic hydroxyl groups is 1. The van der Waals surface area contributed by atoms with Gasteiger partial charge in [0.05, 0.1) is 27.3 Å². The Bertz CT molecular complexity index is 1100. The molecule has 0 atom stereocenters. The summed E-state index contributed by atoms with van der Waals surface area (Å²) < 4.78 is 25.2. The van der Waals surface area contributed by atoms with Crippen LogP contribution in [-0.4, -0.2) is 30.1 Å². The number of carbonyl (C=O) groups excluding carboxylic acids is 1. The summed E-state index contributed by atoms with van der Waals surface area (Å²) in [5.41, 5.74) is -0.417. The number of carbonyl (C=O) groups is 1. The number of anilines is 1. The van der Waals surface area contributed by atoms with Crippen molar-refractivity contribution >= 4 is 38.7 Å². The molecule has 0 aliphatic carbocycles. The lowest BCUT2D eigenvalue weighted by atomic mass is 10.1. The molecule has 1 amide bonds. The lowest BCUT2D eigenvalue weighted by molar-refractivity contribution is -0.384. The maximum absolute atomic E-state index is 12.6. The van der Waals surface area contributed by atoms with Crippen molar-refractivity contribution in [3.63, 3.8) is 0 Å². The van der Waals surface area contributed by atoms with Crippen molar-refractivity contribution in [3.05, 3.63) is 57.1 Å². The number of halogens is 1. The molecule has 192 valence electrons. The zero-order chi connectivity index (χ0) is 25.8. The molecule has 35 heavy (non-hydrogen) atoms. The zero-order valence-corrected chi connectivity index (χ0v) is 21.5. The van der Waals surface area contributed by atoms with Gasteiger partial charge in [0.25, 0.3) is 11.6 Å². The van der Waals surface area contributed by atoms with Gasteiger partial charge in [-0.25, -0.2) is 8.42 Å². The van der Waals surface area contributed by atoms with Crippen molar-refractivity contribution in [2.24, 2.45) is 0 Å². The first-order valence-corrected chi connectivity index (χ1v) is 14.0. The van der Waals surface area contributed by atoms with E-state index in [1.165, 1.54) is 62.8 Å². The molecule has 0 aliphatic heterocycles. The van der Waals surface area contributed by atoms with E-state index in [1.807, 2.05) is 0 Å². The highest BCUT2D eigenvalue weighted by molar-refractivity contribution is 7.91. The summed E-state index contributed by atoms with van der Waals surface area (Å²) in [6, 6.07) is 7.45. The third-order valence-corrected chi connectivity index (χ3v) is 7.87. The summed E-state index contributed by atoms with van der Waals surface area (Å²) in [5, 5.41) is 23.0. The van der Waals surface area contributed by atoms with Crippen LogP contribution in [0, 0.1) is 10.1 Å². The third-order valence-electron chi connectivity index (χ3n) is 5.75. The average Bonchev–Trinajstić information content (AvgIpc) is 2.82. The van der Waals surface area contributed by atoms with Gasteiger partial charge in [0.1, 0.15) is 10.8 Å². The number of hydrogen-bond acceptors (Lipinski definition) is 6. The molecular formula is C25H33ClN2O6S. The highest BCUT2D eigenvalue weighted by Crippen LogP contribution is 2.35. The summed E-state index contributed by atoms with van der Waals surface area (Å²) >= 11 is 5.83. The lowest BCUT2D eigenvalue weighted by Crippen LogP contribution is -2.13. The van der Waals surface area contributed by atoms with Crippen molar-refractivity contribution in [2.75, 3.05) is 11.1 Å². The minimum absolute atomic E-state index is 0.0597. The van der Waals surface area contributed by atoms with Crippen molar-refractivity contribution in [3.8, 4) is 5.75 Å². The van der Waals surface area contributed by atoms with Crippen molar-refractivity contribution in [2.45, 2.75) is 76.0 Å². The number of amides is 1. The van der Waals surface area contributed by atoms with E-state index in [-0.39, 0.29) is 26.9 Å². The number of rotatable bonds is 15. The molecule has 8 nitrogen and oxygen atoms in total. The fourth-order valence-electron chi connectivity index (χ4n) is 3.70. The molecule has 2 N–H and O–H groups in total. The number of unbranched alkanes of at least 4 members (excludes halogenated alkanes) is 9. The first kappa shape index (κ1) is 28.6. The van der Waals surface area contributed by atoms with Crippen LogP contribution in [0.3, 0.4) is 0 Å². The van der Waals surface area contributed by atoms with E-state index >= 15 is 0 Å². The van der Waals surface area contributed by atoms with Gasteiger partial charge < -0.3 is 10.4 Å². The van der Waals surface area contributed by atoms with E-state index in [4.69, 9.17) is 11.6 Å². The summed E-state index contributed by atoms with van der Waals surface area (Å²) in [6.07, 6.45) is 11.2. The van der Waals surface area contributed by atoms with Crippen LogP contribution in [0.4, 0.5) is 11.4 Å². The predicted molar refractivity (Wildman–Crippen MR) is 138 cm³/mol. The quantitative estimate of drug-likeness (QED) is 0.113. The van der Waals surface area contributed by atoms with Gasteiger partial charge in [-0.1, -0.05) is 76.3 Å². The molecule has 0 unspecified atom stereocenters. The van der Waals surface area contributed by atoms with E-state index in [2.05, 4.69) is 12.2 Å². The monoisotopic (exact) mass is 524 g/mol. The molecule has 0 spiro atoms. The topological polar surface area (TPSA) is 127 Å². The summed E-state index contributed by atoms with van der Waals surface area (Å²) in [7, 11) is -3.45. The molecule has 0 saturated heterocycles. The average molecular weight is 525 g/mol. The van der Waals surface area contributed by atoms with Gasteiger partial charge in [-0.2, -0.15) is 0 Å². The van der Waals surface area contributed by atoms with Crippen molar-refractivity contribution < 1.29 is 23.2 Å². The summed E-state index contributed by atoms with van der Waals surface area (Å²) in [6.45, 7) is 2.20. The first-order chi connectivity index (χ1) is 16.7. The Morgan fingerprint density at radius 1 is 0.971 bits per heavy atom. The van der Waals surface area contributed by atoms with Crippen LogP contribution in [0.15, 0.2) is 41.3 Å². The summed E-state index contributed by atoms with van der Waals surface area (Å²) in [5.74, 6) is -1.07. The van der Waals surface area contributed by atoms with Gasteiger partial charge in [0.15, 0.2) is 9.84 Å². The normalized spacial score (nSPS) is 11.4. The molecular weight excluding hydrogens is 492 g/mol. The Morgan fingerprint density at radius 3 is 2.06 bits per heavy atom. The molecule has 2 rings (SSSR count). The number of nitro groups is 1. The molecule has 0 saturated carbocycles. The van der Waals surface area contributed by atoms with E-state index in [9.17, 15) is 28.4 Å². The number of nitro benzene ring substituents is 1. The largest absolute Gasteiger partial charge is 0.506 e. The molecule has 0 bridgehead atoms. The van der Waals surface area contributed by atoms with E-state index in [0.717, 1.165) is 31.4 Å². The Hall–Kier alpha value is -2.65. The van der Waals surface area contributed by atoms with Gasteiger partial charge in [0, 0.05) is 5.56 Å². The standard InChI is InChI=1S/C25H33ClN2O6S/c1-2-3-4-5-6-7-8-9-10-11-16-35(33,34)20-14-12-19(13-15-20)25(30)27-22-17-21(26)23(28(31)32)18-24(22)29/h12-15,17-18,29H,2-11,16H2,1H3,(H,27,30). The number of hydrogen-bond donors (Lipinski definition) is 2. The Kier molecular flexibility index (Phi) is 11.5. The molecule has 0 aromatic heterocycles. The van der Waals surface area contributed by atoms with Crippen LogP contribution >= 0.6 is 11.6 Å². The first-order valence-electron chi connectivity index (χ1n) is 12.0. The van der Waals surface area contributed by atoms with E-state index < -0.39 is 32.1 Å². The Balaban J connectivity index is 1.84. The Morgan fingerprint density at radius 2 is 1.51 bits per heavy atom. The van der Waals surface area contributed by atoms with Crippen molar-refractivity contribution in [1.29, 1.82) is 0 Å². The van der Waals surface area contributed by atoms with Crippen LogP contribution in [0.2, 0.25) is 5.02 Å². The molecule has 10 heteroatoms. The highest BCUT2D eigenvalue weighted by Gasteiger charge is 2.19. The number of nitrogens with one attached hydrogen (secondary N) is 1. The molecule has 0 aliphatic rings. The summed E-state index contributed by atoms with van der Waals surface area (Å²) in [4.78, 5) is 22.8. The van der Waals surface area contributed by atoms with Gasteiger partial charge in [-0.3, -0.25) is 14.9 Å². The van der Waals surface area contributed by atoms with Crippen LogP contribution in [0.25, 0.3) is 0 Å². The van der Waals surface area contributed by atoms with E-state index in [1.54, 1.807) is 0 Å². The fourth-order valence-corrected chi connectivity index (χ4v) is 5.30. The maximum atomic E-state index is 12.6. The lowest BCUT2D eigenvalue weighted by Gasteiger charge is -2.09. The smallest absolute Gasteiger partial charge is 0.291 e. The maximum Gasteiger partial charge on any atom is 0.291 e. The number of phenolic OH excluding ortho intramolecular Hbond substituents is 1. The highest BCUT2D eigenvalue weighted by atomic mass is 35.5. The second kappa shape index (κ2) is 14.0. The molecule has 0 radical (unpaired) electrons. The molecule has 0 heterocycles. The van der Waals surface area contributed by atoms with Gasteiger partial charge in [-0.05, 0) is 36.8 Å². The van der Waals surface area contributed by atoms with E-state index in [0.29, 0.717) is 6.42 Å². The van der Waals surface area contributed by atoms with Crippen molar-refractivity contribution in [1.82, 2.24) is 0 Å². The number of sulfone groups is 1. The van der Waals surface area contributed by atoms with Gasteiger partial charge in [-0.15, -0.1) is 0 Å². The fraction of sp³-hybridized carbons (Fsp3) is 0.480. The van der Waals surface area contributed by atoms with Gasteiger partial charge >= 0.3 is 0 Å². The molecule has 0 fully saturated rings. The van der Waals surface area contributed by atoms with Crippen LogP contribution in [0.5, 0.6) is 5.75 Å². The molecule has 2 aromatic carbocycles. The Labute approximate surface area is 211 Å².